The SMILES string of the molecule is C=CC(=O)O.CCCCCCOCCCCCC.OCCOCCOCCO. The number of carbonyl (C=O) groups is 1. The largest absolute Gasteiger partial charge is 0.478 e. The van der Waals surface area contributed by atoms with Gasteiger partial charge in [0.25, 0.3) is 0 Å². The van der Waals surface area contributed by atoms with E-state index in [-0.39, 0.29) is 13.2 Å². The highest BCUT2D eigenvalue weighted by molar-refractivity contribution is 5.78. The van der Waals surface area contributed by atoms with Crippen molar-refractivity contribution in [2.75, 3.05) is 52.9 Å². The Balaban J connectivity index is -0.000000368. The Kier molecular flexibility index (Phi) is 38.0. The van der Waals surface area contributed by atoms with Crippen molar-refractivity contribution in [1.29, 1.82) is 0 Å². The fourth-order valence-corrected chi connectivity index (χ4v) is 1.81. The molecule has 0 atom stereocenters. The molecule has 0 rings (SSSR count). The first kappa shape index (κ1) is 31.7. The molecule has 0 saturated carbocycles. The fourth-order valence-electron chi connectivity index (χ4n) is 1.81. The predicted molar refractivity (Wildman–Crippen MR) is 113 cm³/mol. The molecule has 0 saturated heterocycles. The van der Waals surface area contributed by atoms with Gasteiger partial charge in [-0.3, -0.25) is 0 Å². The number of rotatable bonds is 18. The first-order chi connectivity index (χ1) is 13.6. The van der Waals surface area contributed by atoms with Crippen molar-refractivity contribution in [2.45, 2.75) is 65.2 Å². The summed E-state index contributed by atoms with van der Waals surface area (Å²) < 4.78 is 15.3. The van der Waals surface area contributed by atoms with Crippen LogP contribution in [0.3, 0.4) is 0 Å². The first-order valence-corrected chi connectivity index (χ1v) is 10.4. The third kappa shape index (κ3) is 44.4. The van der Waals surface area contributed by atoms with E-state index in [0.717, 1.165) is 19.3 Å². The molecule has 0 amide bonds. The Labute approximate surface area is 171 Å². The van der Waals surface area contributed by atoms with E-state index in [1.165, 1.54) is 51.4 Å². The van der Waals surface area contributed by atoms with Gasteiger partial charge in [-0.25, -0.2) is 4.79 Å². The van der Waals surface area contributed by atoms with Crippen molar-refractivity contribution in [2.24, 2.45) is 0 Å². The molecule has 170 valence electrons. The van der Waals surface area contributed by atoms with Crippen molar-refractivity contribution >= 4 is 5.97 Å². The van der Waals surface area contributed by atoms with Crippen molar-refractivity contribution in [3.8, 4) is 0 Å². The maximum absolute atomic E-state index is 9.25. The van der Waals surface area contributed by atoms with E-state index in [1.54, 1.807) is 0 Å². The zero-order valence-corrected chi connectivity index (χ0v) is 18.1. The highest BCUT2D eigenvalue weighted by Gasteiger charge is 1.90. The first-order valence-electron chi connectivity index (χ1n) is 10.4. The molecule has 0 aromatic rings. The standard InChI is InChI=1S/C12H26O.C6H14O4.C3H4O2/c1-3-5-7-9-11-13-12-10-8-6-4-2;7-1-3-9-5-6-10-4-2-8;1-2-3(4)5/h3-12H2,1-2H3;7-8H,1-6H2;2H,1H2,(H,4,5). The summed E-state index contributed by atoms with van der Waals surface area (Å²) in [6.07, 6.45) is 11.4. The summed E-state index contributed by atoms with van der Waals surface area (Å²) in [4.78, 5) is 9.25. The van der Waals surface area contributed by atoms with Crippen LogP contribution in [0.2, 0.25) is 0 Å². The van der Waals surface area contributed by atoms with Crippen molar-refractivity contribution < 1.29 is 34.3 Å². The Morgan fingerprint density at radius 2 is 1.07 bits per heavy atom. The minimum absolute atomic E-state index is 0.0417. The summed E-state index contributed by atoms with van der Waals surface area (Å²) in [5, 5.41) is 24.1. The van der Waals surface area contributed by atoms with E-state index in [4.69, 9.17) is 29.5 Å². The fraction of sp³-hybridized carbons (Fsp3) is 0.857. The van der Waals surface area contributed by atoms with Gasteiger partial charge in [-0.1, -0.05) is 59.0 Å². The van der Waals surface area contributed by atoms with Crippen LogP contribution >= 0.6 is 0 Å². The Morgan fingerprint density at radius 1 is 0.714 bits per heavy atom. The quantitative estimate of drug-likeness (QED) is 0.236. The van der Waals surface area contributed by atoms with Crippen molar-refractivity contribution in [1.82, 2.24) is 0 Å². The monoisotopic (exact) mass is 408 g/mol. The molecule has 7 heteroatoms. The lowest BCUT2D eigenvalue weighted by Gasteiger charge is -2.03. The van der Waals surface area contributed by atoms with E-state index in [2.05, 4.69) is 20.4 Å². The molecule has 0 unspecified atom stereocenters. The number of hydrogen-bond acceptors (Lipinski definition) is 6. The average Bonchev–Trinajstić information content (AvgIpc) is 2.70. The molecule has 0 aliphatic rings. The van der Waals surface area contributed by atoms with Crippen LogP contribution < -0.4 is 0 Å². The number of carboxylic acids is 1. The van der Waals surface area contributed by atoms with Crippen LogP contribution in [-0.2, 0) is 19.0 Å². The third-order valence-electron chi connectivity index (χ3n) is 3.30. The Bertz CT molecular complexity index is 268. The summed E-state index contributed by atoms with van der Waals surface area (Å²) >= 11 is 0. The average molecular weight is 409 g/mol. The highest BCUT2D eigenvalue weighted by atomic mass is 16.5. The van der Waals surface area contributed by atoms with Crippen LogP contribution in [0.4, 0.5) is 0 Å². The van der Waals surface area contributed by atoms with Gasteiger partial charge in [-0.05, 0) is 12.8 Å². The van der Waals surface area contributed by atoms with Gasteiger partial charge in [0.2, 0.25) is 0 Å². The number of aliphatic carboxylic acids is 1. The number of carboxylic acid groups (broad SMARTS) is 1. The van der Waals surface area contributed by atoms with Gasteiger partial charge in [0.15, 0.2) is 0 Å². The van der Waals surface area contributed by atoms with Gasteiger partial charge in [0.1, 0.15) is 0 Å². The van der Waals surface area contributed by atoms with Crippen molar-refractivity contribution in [3.05, 3.63) is 12.7 Å². The molecule has 0 fully saturated rings. The predicted octanol–water partition coefficient (Wildman–Crippen LogP) is 3.42. The van der Waals surface area contributed by atoms with Crippen molar-refractivity contribution in [3.63, 3.8) is 0 Å². The summed E-state index contributed by atoms with van der Waals surface area (Å²) in [5.74, 6) is -0.981. The molecule has 7 nitrogen and oxygen atoms in total. The lowest BCUT2D eigenvalue weighted by Crippen LogP contribution is -2.09. The molecule has 0 radical (unpaired) electrons. The molecule has 0 aromatic heterocycles. The Hall–Kier alpha value is -0.990. The zero-order chi connectivity index (χ0) is 21.7. The van der Waals surface area contributed by atoms with Gasteiger partial charge < -0.3 is 29.5 Å². The summed E-state index contributed by atoms with van der Waals surface area (Å²) in [5.41, 5.74) is 0. The van der Waals surface area contributed by atoms with E-state index in [0.29, 0.717) is 26.4 Å². The summed E-state index contributed by atoms with van der Waals surface area (Å²) in [6.45, 7) is 11.1. The maximum Gasteiger partial charge on any atom is 0.327 e. The number of ether oxygens (including phenoxy) is 3. The molecular weight excluding hydrogens is 364 g/mol. The maximum atomic E-state index is 9.25. The van der Waals surface area contributed by atoms with Crippen LogP contribution in [-0.4, -0.2) is 74.1 Å². The van der Waals surface area contributed by atoms with Crippen LogP contribution in [0.15, 0.2) is 12.7 Å². The smallest absolute Gasteiger partial charge is 0.327 e. The molecular formula is C21H44O7. The normalized spacial score (nSPS) is 9.71. The lowest BCUT2D eigenvalue weighted by atomic mass is 10.2. The summed E-state index contributed by atoms with van der Waals surface area (Å²) in [7, 11) is 0. The van der Waals surface area contributed by atoms with Crippen LogP contribution in [0, 0.1) is 0 Å². The molecule has 0 aromatic carbocycles. The van der Waals surface area contributed by atoms with Gasteiger partial charge in [-0.15, -0.1) is 0 Å². The second kappa shape index (κ2) is 33.6. The van der Waals surface area contributed by atoms with Gasteiger partial charge in [0, 0.05) is 19.3 Å². The third-order valence-corrected chi connectivity index (χ3v) is 3.30. The number of unbranched alkanes of at least 4 members (excludes halogenated alkanes) is 6. The van der Waals surface area contributed by atoms with E-state index in [9.17, 15) is 4.79 Å². The van der Waals surface area contributed by atoms with Crippen LogP contribution in [0.25, 0.3) is 0 Å². The van der Waals surface area contributed by atoms with Gasteiger partial charge in [-0.2, -0.15) is 0 Å². The second-order valence-electron chi connectivity index (χ2n) is 5.95. The minimum Gasteiger partial charge on any atom is -0.478 e. The molecule has 3 N–H and O–H groups in total. The molecule has 0 bridgehead atoms. The van der Waals surface area contributed by atoms with Gasteiger partial charge in [0.05, 0.1) is 39.6 Å². The molecule has 0 aliphatic carbocycles. The number of aliphatic hydroxyl groups is 2. The van der Waals surface area contributed by atoms with E-state index < -0.39 is 5.97 Å². The molecule has 28 heavy (non-hydrogen) atoms. The zero-order valence-electron chi connectivity index (χ0n) is 18.1. The van der Waals surface area contributed by atoms with E-state index >= 15 is 0 Å². The molecule has 0 aliphatic heterocycles. The highest BCUT2D eigenvalue weighted by Crippen LogP contribution is 2.01. The number of hydrogen-bond donors (Lipinski definition) is 3. The molecule has 0 spiro atoms. The lowest BCUT2D eigenvalue weighted by molar-refractivity contribution is -0.131. The summed E-state index contributed by atoms with van der Waals surface area (Å²) in [6, 6.07) is 0. The molecule has 0 heterocycles. The number of aliphatic hydroxyl groups excluding tert-OH is 2. The van der Waals surface area contributed by atoms with E-state index in [1.807, 2.05) is 0 Å². The minimum atomic E-state index is -0.981. The second-order valence-corrected chi connectivity index (χ2v) is 5.95. The Morgan fingerprint density at radius 3 is 1.36 bits per heavy atom. The topological polar surface area (TPSA) is 105 Å². The van der Waals surface area contributed by atoms with Gasteiger partial charge >= 0.3 is 5.97 Å². The van der Waals surface area contributed by atoms with Crippen LogP contribution in [0.1, 0.15) is 65.2 Å². The van der Waals surface area contributed by atoms with Crippen LogP contribution in [0.5, 0.6) is 0 Å².